The van der Waals surface area contributed by atoms with E-state index in [0.29, 0.717) is 16.8 Å². The highest BCUT2D eigenvalue weighted by atomic mass is 31.2. The van der Waals surface area contributed by atoms with E-state index in [9.17, 15) is 4.57 Å². The van der Waals surface area contributed by atoms with Crippen molar-refractivity contribution in [3.05, 3.63) is 54.7 Å². The predicted octanol–water partition coefficient (Wildman–Crippen LogP) is 3.46. The summed E-state index contributed by atoms with van der Waals surface area (Å²) >= 11 is 0. The Hall–Kier alpha value is -2.19. The number of para-hydroxylation sites is 3. The number of H-pyrrole nitrogens is 1. The Bertz CT molecular complexity index is 795. The summed E-state index contributed by atoms with van der Waals surface area (Å²) in [5.74, 6) is 1.05. The summed E-state index contributed by atoms with van der Waals surface area (Å²) in [6.45, 7) is 0. The molecule has 0 saturated carbocycles. The van der Waals surface area contributed by atoms with Crippen molar-refractivity contribution in [3.63, 3.8) is 0 Å². The molecule has 1 N–H and O–H groups in total. The van der Waals surface area contributed by atoms with E-state index in [4.69, 9.17) is 9.05 Å². The molecule has 3 aromatic rings. The van der Waals surface area contributed by atoms with Gasteiger partial charge >= 0.3 is 7.60 Å². The highest BCUT2D eigenvalue weighted by Gasteiger charge is 2.40. The lowest BCUT2D eigenvalue weighted by Gasteiger charge is -2.08. The molecule has 5 heteroatoms. The fraction of sp³-hybridized carbons (Fsp3) is 0. The molecule has 0 aliphatic carbocycles. The van der Waals surface area contributed by atoms with E-state index >= 15 is 0 Å². The van der Waals surface area contributed by atoms with Crippen molar-refractivity contribution < 1.29 is 13.6 Å². The predicted molar refractivity (Wildman–Crippen MR) is 73.2 cm³/mol. The van der Waals surface area contributed by atoms with Crippen molar-refractivity contribution >= 4 is 23.8 Å². The van der Waals surface area contributed by atoms with Crippen LogP contribution in [0.2, 0.25) is 0 Å². The molecule has 0 spiro atoms. The molecule has 0 unspecified atom stereocenters. The molecule has 1 aliphatic rings. The Morgan fingerprint density at radius 1 is 0.895 bits per heavy atom. The van der Waals surface area contributed by atoms with Crippen LogP contribution in [0.15, 0.2) is 54.7 Å². The lowest BCUT2D eigenvalue weighted by Crippen LogP contribution is -2.08. The second-order valence-corrected chi connectivity index (χ2v) is 6.19. The Morgan fingerprint density at radius 3 is 2.26 bits per heavy atom. The number of rotatable bonds is 1. The maximum Gasteiger partial charge on any atom is 0.465 e. The minimum absolute atomic E-state index is 0.524. The zero-order valence-electron chi connectivity index (χ0n) is 9.87. The van der Waals surface area contributed by atoms with Gasteiger partial charge < -0.3 is 14.0 Å². The standard InChI is InChI=1S/C14H10NO3P/c16-19(17-12-7-3-4-8-13(12)18-19)14-9-15-11-6-2-1-5-10(11)14/h1-9,15H. The molecular formula is C14H10NO3P. The van der Waals surface area contributed by atoms with Gasteiger partial charge in [0.2, 0.25) is 0 Å². The quantitative estimate of drug-likeness (QED) is 0.689. The molecule has 0 fully saturated rings. The Labute approximate surface area is 109 Å². The van der Waals surface area contributed by atoms with E-state index in [-0.39, 0.29) is 0 Å². The summed E-state index contributed by atoms with van der Waals surface area (Å²) in [5, 5.41) is 1.43. The molecule has 0 radical (unpaired) electrons. The van der Waals surface area contributed by atoms with E-state index < -0.39 is 7.60 Å². The average molecular weight is 271 g/mol. The maximum absolute atomic E-state index is 12.9. The van der Waals surface area contributed by atoms with Crippen LogP contribution in [0.5, 0.6) is 11.5 Å². The van der Waals surface area contributed by atoms with Crippen molar-refractivity contribution in [2.24, 2.45) is 0 Å². The van der Waals surface area contributed by atoms with Gasteiger partial charge in [0.15, 0.2) is 11.5 Å². The van der Waals surface area contributed by atoms with Crippen molar-refractivity contribution in [3.8, 4) is 11.5 Å². The van der Waals surface area contributed by atoms with Crippen molar-refractivity contribution in [2.45, 2.75) is 0 Å². The molecule has 19 heavy (non-hydrogen) atoms. The molecule has 2 heterocycles. The Kier molecular flexibility index (Phi) is 2.06. The van der Waals surface area contributed by atoms with Gasteiger partial charge in [0, 0.05) is 17.1 Å². The van der Waals surface area contributed by atoms with Gasteiger partial charge in [0.1, 0.15) is 5.30 Å². The normalized spacial score (nSPS) is 15.8. The largest absolute Gasteiger partial charge is 0.465 e. The molecule has 0 atom stereocenters. The van der Waals surface area contributed by atoms with E-state index in [0.717, 1.165) is 10.9 Å². The minimum Gasteiger partial charge on any atom is -0.409 e. The third-order valence-corrected chi connectivity index (χ3v) is 4.98. The highest BCUT2D eigenvalue weighted by Crippen LogP contribution is 2.57. The smallest absolute Gasteiger partial charge is 0.409 e. The third kappa shape index (κ3) is 1.50. The van der Waals surface area contributed by atoms with Crippen LogP contribution in [-0.2, 0) is 4.57 Å². The van der Waals surface area contributed by atoms with Crippen molar-refractivity contribution in [1.29, 1.82) is 0 Å². The first-order valence-corrected chi connectivity index (χ1v) is 7.45. The highest BCUT2D eigenvalue weighted by molar-refractivity contribution is 7.63. The van der Waals surface area contributed by atoms with E-state index in [1.165, 1.54) is 0 Å². The second kappa shape index (κ2) is 3.65. The maximum atomic E-state index is 12.9. The van der Waals surface area contributed by atoms with Crippen LogP contribution in [0.1, 0.15) is 0 Å². The molecule has 1 aromatic heterocycles. The number of nitrogens with one attached hydrogen (secondary N) is 1. The lowest BCUT2D eigenvalue weighted by molar-refractivity contribution is 0.445. The summed E-state index contributed by atoms with van der Waals surface area (Å²) in [4.78, 5) is 3.08. The van der Waals surface area contributed by atoms with Crippen LogP contribution in [-0.4, -0.2) is 4.98 Å². The summed E-state index contributed by atoms with van der Waals surface area (Å²) in [6, 6.07) is 14.8. The Balaban J connectivity index is 1.88. The number of aromatic amines is 1. The zero-order valence-corrected chi connectivity index (χ0v) is 10.8. The molecule has 1 aliphatic heterocycles. The van der Waals surface area contributed by atoms with Gasteiger partial charge in [-0.3, -0.25) is 0 Å². The van der Waals surface area contributed by atoms with Gasteiger partial charge in [-0.25, -0.2) is 4.57 Å². The average Bonchev–Trinajstić information content (AvgIpc) is 2.98. The van der Waals surface area contributed by atoms with Gasteiger partial charge in [-0.1, -0.05) is 30.3 Å². The molecule has 0 saturated heterocycles. The monoisotopic (exact) mass is 271 g/mol. The van der Waals surface area contributed by atoms with E-state index in [2.05, 4.69) is 4.98 Å². The third-order valence-electron chi connectivity index (χ3n) is 3.15. The Morgan fingerprint density at radius 2 is 1.53 bits per heavy atom. The zero-order chi connectivity index (χ0) is 12.9. The summed E-state index contributed by atoms with van der Waals surface area (Å²) < 4.78 is 24.0. The van der Waals surface area contributed by atoms with Crippen LogP contribution in [0.4, 0.5) is 0 Å². The topological polar surface area (TPSA) is 51.3 Å². The van der Waals surface area contributed by atoms with Crippen LogP contribution >= 0.6 is 7.60 Å². The SMILES string of the molecule is O=P1(c2c[nH]c3ccccc23)Oc2ccccc2O1. The van der Waals surface area contributed by atoms with Gasteiger partial charge in [-0.05, 0) is 18.2 Å². The molecule has 94 valence electrons. The van der Waals surface area contributed by atoms with Gasteiger partial charge in [-0.15, -0.1) is 0 Å². The number of hydrogen-bond acceptors (Lipinski definition) is 3. The first-order chi connectivity index (χ1) is 9.26. The fourth-order valence-electron chi connectivity index (χ4n) is 2.26. The van der Waals surface area contributed by atoms with Crippen LogP contribution in [0, 0.1) is 0 Å². The molecule has 0 amide bonds. The minimum atomic E-state index is -3.33. The summed E-state index contributed by atoms with van der Waals surface area (Å²) in [6.07, 6.45) is 1.69. The summed E-state index contributed by atoms with van der Waals surface area (Å²) in [7, 11) is -3.33. The summed E-state index contributed by atoms with van der Waals surface area (Å²) in [5.41, 5.74) is 0.913. The molecule has 2 aromatic carbocycles. The van der Waals surface area contributed by atoms with E-state index in [1.807, 2.05) is 36.4 Å². The van der Waals surface area contributed by atoms with Gasteiger partial charge in [-0.2, -0.15) is 0 Å². The second-order valence-electron chi connectivity index (χ2n) is 4.35. The van der Waals surface area contributed by atoms with Crippen LogP contribution in [0.25, 0.3) is 10.9 Å². The number of hydrogen-bond donors (Lipinski definition) is 1. The lowest BCUT2D eigenvalue weighted by atomic mass is 10.2. The fourth-order valence-corrected chi connectivity index (χ4v) is 4.03. The molecular weight excluding hydrogens is 261 g/mol. The van der Waals surface area contributed by atoms with Crippen LogP contribution in [0.3, 0.4) is 0 Å². The molecule has 0 bridgehead atoms. The number of benzene rings is 2. The first kappa shape index (κ1) is 10.7. The number of aromatic nitrogens is 1. The van der Waals surface area contributed by atoms with Gasteiger partial charge in [0.05, 0.1) is 0 Å². The van der Waals surface area contributed by atoms with Gasteiger partial charge in [0.25, 0.3) is 0 Å². The number of fused-ring (bicyclic) bond motifs is 2. The van der Waals surface area contributed by atoms with Crippen LogP contribution < -0.4 is 14.4 Å². The molecule has 4 rings (SSSR count). The first-order valence-electron chi connectivity index (χ1n) is 5.91. The molecule has 4 nitrogen and oxygen atoms in total. The van der Waals surface area contributed by atoms with Crippen molar-refractivity contribution in [1.82, 2.24) is 4.98 Å². The van der Waals surface area contributed by atoms with E-state index in [1.54, 1.807) is 18.3 Å². The van der Waals surface area contributed by atoms with Crippen molar-refractivity contribution in [2.75, 3.05) is 0 Å².